The van der Waals surface area contributed by atoms with E-state index >= 15 is 0 Å². The Morgan fingerprint density at radius 2 is 1.60 bits per heavy atom. The Labute approximate surface area is 230 Å². The van der Waals surface area contributed by atoms with Gasteiger partial charge in [0.15, 0.2) is 0 Å². The van der Waals surface area contributed by atoms with Crippen molar-refractivity contribution in [3.05, 3.63) is 87.7 Å². The molecule has 4 bridgehead atoms. The zero-order chi connectivity index (χ0) is 27.6. The lowest BCUT2D eigenvalue weighted by molar-refractivity contribution is -0.384. The summed E-state index contributed by atoms with van der Waals surface area (Å²) >= 11 is 0. The van der Waals surface area contributed by atoms with Gasteiger partial charge in [-0.25, -0.2) is 9.69 Å². The van der Waals surface area contributed by atoms with Gasteiger partial charge in [-0.3, -0.25) is 25.0 Å². The fourth-order valence-electron chi connectivity index (χ4n) is 7.82. The Morgan fingerprint density at radius 1 is 0.925 bits per heavy atom. The zero-order valence-electron chi connectivity index (χ0n) is 21.7. The average molecular weight is 538 g/mol. The summed E-state index contributed by atoms with van der Waals surface area (Å²) < 4.78 is 5.77. The molecule has 4 aliphatic carbocycles. The summed E-state index contributed by atoms with van der Waals surface area (Å²) in [5.41, 5.74) is 2.01. The van der Waals surface area contributed by atoms with Gasteiger partial charge in [-0.15, -0.1) is 0 Å². The van der Waals surface area contributed by atoms with E-state index in [1.165, 1.54) is 62.3 Å². The van der Waals surface area contributed by atoms with E-state index in [1.54, 1.807) is 36.4 Å². The monoisotopic (exact) mass is 537 g/mol. The number of non-ortho nitro benzene ring substituents is 1. The lowest BCUT2D eigenvalue weighted by Crippen LogP contribution is -2.54. The minimum absolute atomic E-state index is 0.0843. The largest absolute Gasteiger partial charge is 0.457 e. The molecule has 40 heavy (non-hydrogen) atoms. The normalized spacial score (nSPS) is 28.3. The van der Waals surface area contributed by atoms with E-state index in [0.717, 1.165) is 22.7 Å². The SMILES string of the molecule is O=C1NC(=O)N(c2ccc(C34CC5CC(CC(C5)C3)C4)cc2)C(=O)/C1=C/c1ccc(-c2cccc([N+](=O)[O-])c2)o1. The number of rotatable bonds is 5. The lowest BCUT2D eigenvalue weighted by Gasteiger charge is -2.57. The van der Waals surface area contributed by atoms with E-state index in [2.05, 4.69) is 5.32 Å². The molecule has 9 nitrogen and oxygen atoms in total. The van der Waals surface area contributed by atoms with Gasteiger partial charge in [-0.1, -0.05) is 24.3 Å². The number of barbiturate groups is 1. The van der Waals surface area contributed by atoms with Gasteiger partial charge in [0, 0.05) is 17.7 Å². The highest BCUT2D eigenvalue weighted by Crippen LogP contribution is 2.60. The summed E-state index contributed by atoms with van der Waals surface area (Å²) in [5, 5.41) is 13.4. The van der Waals surface area contributed by atoms with Crippen molar-refractivity contribution in [1.29, 1.82) is 0 Å². The molecule has 9 heteroatoms. The predicted molar refractivity (Wildman–Crippen MR) is 146 cm³/mol. The minimum Gasteiger partial charge on any atom is -0.457 e. The molecule has 2 heterocycles. The molecule has 1 saturated heterocycles. The second-order valence-electron chi connectivity index (χ2n) is 11.7. The highest BCUT2D eigenvalue weighted by atomic mass is 16.6. The number of furan rings is 1. The summed E-state index contributed by atoms with van der Waals surface area (Å²) in [6, 6.07) is 16.0. The van der Waals surface area contributed by atoms with Crippen molar-refractivity contribution < 1.29 is 23.7 Å². The van der Waals surface area contributed by atoms with Crippen molar-refractivity contribution in [1.82, 2.24) is 5.32 Å². The number of carbonyl (C=O) groups excluding carboxylic acids is 3. The Kier molecular flexibility index (Phi) is 5.52. The molecule has 1 aliphatic heterocycles. The van der Waals surface area contributed by atoms with Gasteiger partial charge in [0.25, 0.3) is 17.5 Å². The number of nitrogens with zero attached hydrogens (tertiary/aromatic N) is 2. The van der Waals surface area contributed by atoms with E-state index < -0.39 is 22.8 Å². The third kappa shape index (κ3) is 4.04. The van der Waals surface area contributed by atoms with Crippen LogP contribution < -0.4 is 10.2 Å². The highest BCUT2D eigenvalue weighted by molar-refractivity contribution is 6.39. The highest BCUT2D eigenvalue weighted by Gasteiger charge is 2.51. The van der Waals surface area contributed by atoms with Gasteiger partial charge < -0.3 is 4.42 Å². The molecule has 0 unspecified atom stereocenters. The van der Waals surface area contributed by atoms with Gasteiger partial charge in [0.05, 0.1) is 10.6 Å². The van der Waals surface area contributed by atoms with E-state index in [1.807, 2.05) is 12.1 Å². The Balaban J connectivity index is 1.15. The number of urea groups is 1. The number of benzene rings is 2. The molecule has 0 spiro atoms. The van der Waals surface area contributed by atoms with Crippen LogP contribution in [0.15, 0.2) is 70.7 Å². The second kappa shape index (κ2) is 9.01. The first-order chi connectivity index (χ1) is 19.3. The van der Waals surface area contributed by atoms with Crippen LogP contribution >= 0.6 is 0 Å². The smallest absolute Gasteiger partial charge is 0.335 e. The number of hydrogen-bond acceptors (Lipinski definition) is 6. The first-order valence-corrected chi connectivity index (χ1v) is 13.6. The van der Waals surface area contributed by atoms with Crippen molar-refractivity contribution in [3.8, 4) is 11.3 Å². The molecule has 8 rings (SSSR count). The topological polar surface area (TPSA) is 123 Å². The van der Waals surface area contributed by atoms with Crippen molar-refractivity contribution >= 4 is 35.3 Å². The number of nitrogens with one attached hydrogen (secondary N) is 1. The number of carbonyl (C=O) groups is 3. The van der Waals surface area contributed by atoms with Crippen LogP contribution in [0.25, 0.3) is 17.4 Å². The van der Waals surface area contributed by atoms with Gasteiger partial charge in [-0.05, 0) is 97.6 Å². The number of anilines is 1. The van der Waals surface area contributed by atoms with Crippen LogP contribution in [-0.4, -0.2) is 22.8 Å². The van der Waals surface area contributed by atoms with E-state index in [4.69, 9.17) is 4.42 Å². The fraction of sp³-hybridized carbons (Fsp3) is 0.323. The maximum atomic E-state index is 13.4. The van der Waals surface area contributed by atoms with Gasteiger partial charge in [0.1, 0.15) is 17.1 Å². The number of imide groups is 2. The van der Waals surface area contributed by atoms with Crippen molar-refractivity contribution in [2.24, 2.45) is 17.8 Å². The molecule has 4 saturated carbocycles. The maximum Gasteiger partial charge on any atom is 0.335 e. The van der Waals surface area contributed by atoms with Crippen LogP contribution in [0.5, 0.6) is 0 Å². The zero-order valence-corrected chi connectivity index (χ0v) is 21.7. The molecule has 2 aromatic carbocycles. The summed E-state index contributed by atoms with van der Waals surface area (Å²) in [5.74, 6) is 1.39. The first kappa shape index (κ1) is 24.5. The lowest BCUT2D eigenvalue weighted by atomic mass is 9.48. The van der Waals surface area contributed by atoms with Crippen molar-refractivity contribution in [3.63, 3.8) is 0 Å². The number of amides is 4. The van der Waals surface area contributed by atoms with Crippen LogP contribution in [0.4, 0.5) is 16.2 Å². The van der Waals surface area contributed by atoms with Gasteiger partial charge in [-0.2, -0.15) is 0 Å². The molecule has 5 aliphatic rings. The molecule has 0 radical (unpaired) electrons. The number of hydrogen-bond donors (Lipinski definition) is 1. The molecule has 1 aromatic heterocycles. The molecule has 4 amide bonds. The second-order valence-corrected chi connectivity index (χ2v) is 11.7. The standard InChI is InChI=1S/C31H27N3O6/c35-28-26(14-25-8-9-27(40-25)21-2-1-3-24(13-21)34(38)39)29(36)33(30(37)32-28)23-6-4-22(5-7-23)31-15-18-10-19(16-31)12-20(11-18)17-31/h1-9,13-14,18-20H,10-12,15-17H2,(H,32,35,37)/b26-14+. The van der Waals surface area contributed by atoms with Crippen molar-refractivity contribution in [2.45, 2.75) is 43.9 Å². The van der Waals surface area contributed by atoms with E-state index in [-0.39, 0.29) is 22.4 Å². The Bertz CT molecular complexity index is 1570. The van der Waals surface area contributed by atoms with Crippen LogP contribution in [0.1, 0.15) is 49.8 Å². The molecule has 1 N–H and O–H groups in total. The number of nitro groups is 1. The number of nitro benzene ring substituents is 1. The third-order valence-electron chi connectivity index (χ3n) is 9.13. The van der Waals surface area contributed by atoms with E-state index in [0.29, 0.717) is 17.0 Å². The molecule has 5 fully saturated rings. The third-order valence-corrected chi connectivity index (χ3v) is 9.13. The molecule has 202 valence electrons. The Hall–Kier alpha value is -4.53. The molecular formula is C31H27N3O6. The van der Waals surface area contributed by atoms with Crippen LogP contribution in [-0.2, 0) is 15.0 Å². The fourth-order valence-corrected chi connectivity index (χ4v) is 7.82. The van der Waals surface area contributed by atoms with E-state index in [9.17, 15) is 24.5 Å². The predicted octanol–water partition coefficient (Wildman–Crippen LogP) is 5.99. The van der Waals surface area contributed by atoms with Crippen LogP contribution in [0.2, 0.25) is 0 Å². The Morgan fingerprint density at radius 3 is 2.25 bits per heavy atom. The minimum atomic E-state index is -0.815. The van der Waals surface area contributed by atoms with Crippen molar-refractivity contribution in [2.75, 3.05) is 4.90 Å². The molecule has 3 aromatic rings. The van der Waals surface area contributed by atoms with Crippen LogP contribution in [0.3, 0.4) is 0 Å². The maximum absolute atomic E-state index is 13.4. The first-order valence-electron chi connectivity index (χ1n) is 13.6. The summed E-state index contributed by atoms with van der Waals surface area (Å²) in [4.78, 5) is 50.4. The summed E-state index contributed by atoms with van der Waals surface area (Å²) in [7, 11) is 0. The quantitative estimate of drug-likeness (QED) is 0.185. The summed E-state index contributed by atoms with van der Waals surface area (Å²) in [6.07, 6.45) is 8.98. The molecule has 0 atom stereocenters. The molecular weight excluding hydrogens is 510 g/mol. The van der Waals surface area contributed by atoms with Gasteiger partial charge in [0.2, 0.25) is 0 Å². The van der Waals surface area contributed by atoms with Gasteiger partial charge >= 0.3 is 6.03 Å². The average Bonchev–Trinajstić information content (AvgIpc) is 3.39. The van der Waals surface area contributed by atoms with Crippen LogP contribution in [0, 0.1) is 27.9 Å². The summed E-state index contributed by atoms with van der Waals surface area (Å²) in [6.45, 7) is 0.